The van der Waals surface area contributed by atoms with Crippen molar-refractivity contribution in [3.63, 3.8) is 0 Å². The monoisotopic (exact) mass is 371 g/mol. The summed E-state index contributed by atoms with van der Waals surface area (Å²) in [5.41, 5.74) is 2.29. The molecule has 3 rings (SSSR count). The molecule has 0 N–H and O–H groups in total. The maximum absolute atomic E-state index is 5.86. The van der Waals surface area contributed by atoms with Crippen LogP contribution >= 0.6 is 0 Å². The molecule has 6 nitrogen and oxygen atoms in total. The summed E-state index contributed by atoms with van der Waals surface area (Å²) in [7, 11) is 3.32. The van der Waals surface area contributed by atoms with Crippen LogP contribution in [-0.4, -0.2) is 48.3 Å². The van der Waals surface area contributed by atoms with Crippen LogP contribution in [0.5, 0.6) is 11.5 Å². The quantitative estimate of drug-likeness (QED) is 0.674. The second kappa shape index (κ2) is 9.67. The normalized spacial score (nSPS) is 16.7. The molecular formula is C21H29N3O3. The average molecular weight is 371 g/mol. The average Bonchev–Trinajstić information content (AvgIpc) is 3.21. The Morgan fingerprint density at radius 2 is 1.81 bits per heavy atom. The molecule has 0 unspecified atom stereocenters. The number of aryl methyl sites for hydroxylation is 1. The van der Waals surface area contributed by atoms with Crippen LogP contribution in [0.2, 0.25) is 0 Å². The summed E-state index contributed by atoms with van der Waals surface area (Å²) in [6.07, 6.45) is 7.27. The Labute approximate surface area is 161 Å². The third-order valence-corrected chi connectivity index (χ3v) is 4.82. The maximum Gasteiger partial charge on any atom is 0.161 e. The molecule has 1 saturated heterocycles. The molecule has 0 aliphatic carbocycles. The minimum absolute atomic E-state index is 0.293. The van der Waals surface area contributed by atoms with E-state index in [0.717, 1.165) is 68.4 Å². The van der Waals surface area contributed by atoms with Gasteiger partial charge in [-0.1, -0.05) is 13.0 Å². The molecule has 1 aromatic heterocycles. The van der Waals surface area contributed by atoms with E-state index in [9.17, 15) is 0 Å². The smallest absolute Gasteiger partial charge is 0.161 e. The molecule has 1 aliphatic heterocycles. The number of nitrogens with zero attached hydrogens (tertiary/aromatic N) is 3. The highest BCUT2D eigenvalue weighted by atomic mass is 16.5. The van der Waals surface area contributed by atoms with Crippen LogP contribution in [-0.2, 0) is 24.2 Å². The molecule has 146 valence electrons. The van der Waals surface area contributed by atoms with Gasteiger partial charge < -0.3 is 14.2 Å². The largest absolute Gasteiger partial charge is 0.493 e. The lowest BCUT2D eigenvalue weighted by atomic mass is 10.1. The molecule has 0 bridgehead atoms. The van der Waals surface area contributed by atoms with Crippen LogP contribution in [0.1, 0.15) is 36.7 Å². The van der Waals surface area contributed by atoms with E-state index in [4.69, 9.17) is 14.2 Å². The fourth-order valence-electron chi connectivity index (χ4n) is 3.40. The first-order valence-electron chi connectivity index (χ1n) is 9.56. The van der Waals surface area contributed by atoms with E-state index < -0.39 is 0 Å². The molecule has 1 fully saturated rings. The van der Waals surface area contributed by atoms with Gasteiger partial charge in [0, 0.05) is 50.6 Å². The topological polar surface area (TPSA) is 56.7 Å². The summed E-state index contributed by atoms with van der Waals surface area (Å²) in [5.74, 6) is 2.38. The number of hydrogen-bond acceptors (Lipinski definition) is 6. The van der Waals surface area contributed by atoms with Crippen LogP contribution in [0.3, 0.4) is 0 Å². The van der Waals surface area contributed by atoms with Gasteiger partial charge in [0.15, 0.2) is 11.5 Å². The first-order chi connectivity index (χ1) is 13.2. The Balaban J connectivity index is 1.74. The Bertz CT molecular complexity index is 715. The molecular weight excluding hydrogens is 342 g/mol. The Morgan fingerprint density at radius 3 is 2.44 bits per heavy atom. The number of methoxy groups -OCH3 is 2. The van der Waals surface area contributed by atoms with Crippen LogP contribution in [0.15, 0.2) is 30.6 Å². The fourth-order valence-corrected chi connectivity index (χ4v) is 3.40. The van der Waals surface area contributed by atoms with Gasteiger partial charge in [-0.15, -0.1) is 0 Å². The van der Waals surface area contributed by atoms with Crippen molar-refractivity contribution >= 4 is 0 Å². The highest BCUT2D eigenvalue weighted by Crippen LogP contribution is 2.28. The van der Waals surface area contributed by atoms with Gasteiger partial charge >= 0.3 is 0 Å². The van der Waals surface area contributed by atoms with Crippen LogP contribution < -0.4 is 9.47 Å². The number of hydrogen-bond donors (Lipinski definition) is 0. The third kappa shape index (κ3) is 5.40. The van der Waals surface area contributed by atoms with Crippen LogP contribution in [0, 0.1) is 0 Å². The molecule has 6 heteroatoms. The van der Waals surface area contributed by atoms with E-state index in [2.05, 4.69) is 27.9 Å². The third-order valence-electron chi connectivity index (χ3n) is 4.82. The summed E-state index contributed by atoms with van der Waals surface area (Å²) in [6.45, 7) is 5.41. The molecule has 1 aromatic carbocycles. The summed E-state index contributed by atoms with van der Waals surface area (Å²) in [6, 6.07) is 6.08. The van der Waals surface area contributed by atoms with E-state index in [1.807, 2.05) is 24.5 Å². The van der Waals surface area contributed by atoms with E-state index in [1.54, 1.807) is 14.2 Å². The molecule has 0 radical (unpaired) electrons. The zero-order valence-corrected chi connectivity index (χ0v) is 16.5. The van der Waals surface area contributed by atoms with E-state index >= 15 is 0 Å². The number of ether oxygens (including phenoxy) is 3. The molecule has 2 heterocycles. The molecule has 1 atom stereocenters. The van der Waals surface area contributed by atoms with Crippen molar-refractivity contribution in [1.29, 1.82) is 0 Å². The number of aromatic nitrogens is 2. The van der Waals surface area contributed by atoms with Gasteiger partial charge in [-0.25, -0.2) is 9.97 Å². The van der Waals surface area contributed by atoms with Crippen molar-refractivity contribution in [3.05, 3.63) is 47.5 Å². The first kappa shape index (κ1) is 19.6. The highest BCUT2D eigenvalue weighted by molar-refractivity contribution is 5.42. The van der Waals surface area contributed by atoms with Crippen molar-refractivity contribution in [2.45, 2.75) is 45.4 Å². The highest BCUT2D eigenvalue weighted by Gasteiger charge is 2.20. The Hall–Kier alpha value is -2.18. The van der Waals surface area contributed by atoms with Crippen LogP contribution in [0.4, 0.5) is 0 Å². The van der Waals surface area contributed by atoms with Gasteiger partial charge in [0.2, 0.25) is 0 Å². The standard InChI is InChI=1S/C21H29N3O3/c1-4-21-22-11-17(12-23-21)14-24(15-18-6-5-9-27-18)13-16-7-8-19(25-2)20(10-16)26-3/h7-8,10-12,18H,4-6,9,13-15H2,1-3H3/t18-/m1/s1. The molecule has 27 heavy (non-hydrogen) atoms. The van der Waals surface area contributed by atoms with Gasteiger partial charge in [0.1, 0.15) is 5.82 Å². The van der Waals surface area contributed by atoms with Crippen molar-refractivity contribution in [2.75, 3.05) is 27.4 Å². The van der Waals surface area contributed by atoms with E-state index in [1.165, 1.54) is 5.56 Å². The zero-order valence-electron chi connectivity index (χ0n) is 16.5. The SMILES string of the molecule is CCc1ncc(CN(Cc2ccc(OC)c(OC)c2)C[C@H]2CCCO2)cn1. The second-order valence-corrected chi connectivity index (χ2v) is 6.86. The fraction of sp³-hybridized carbons (Fsp3) is 0.524. The minimum atomic E-state index is 0.293. The van der Waals surface area contributed by atoms with Gasteiger partial charge in [-0.05, 0) is 30.5 Å². The van der Waals surface area contributed by atoms with Crippen molar-refractivity contribution in [2.24, 2.45) is 0 Å². The molecule has 2 aromatic rings. The number of benzene rings is 1. The first-order valence-corrected chi connectivity index (χ1v) is 9.56. The molecule has 0 spiro atoms. The summed E-state index contributed by atoms with van der Waals surface area (Å²) < 4.78 is 16.7. The van der Waals surface area contributed by atoms with Gasteiger partial charge in [-0.2, -0.15) is 0 Å². The van der Waals surface area contributed by atoms with Gasteiger partial charge in [-0.3, -0.25) is 4.90 Å². The van der Waals surface area contributed by atoms with E-state index in [-0.39, 0.29) is 0 Å². The Kier molecular flexibility index (Phi) is 7.01. The molecule has 0 amide bonds. The molecule has 1 aliphatic rings. The minimum Gasteiger partial charge on any atom is -0.493 e. The van der Waals surface area contributed by atoms with Crippen molar-refractivity contribution in [3.8, 4) is 11.5 Å². The summed E-state index contributed by atoms with van der Waals surface area (Å²) in [4.78, 5) is 11.3. The lowest BCUT2D eigenvalue weighted by molar-refractivity contribution is 0.0678. The predicted octanol–water partition coefficient (Wildman–Crippen LogP) is 3.24. The predicted molar refractivity (Wildman–Crippen MR) is 104 cm³/mol. The zero-order chi connectivity index (χ0) is 19.1. The van der Waals surface area contributed by atoms with Gasteiger partial charge in [0.25, 0.3) is 0 Å². The Morgan fingerprint density at radius 1 is 1.07 bits per heavy atom. The van der Waals surface area contributed by atoms with Gasteiger partial charge in [0.05, 0.1) is 20.3 Å². The lowest BCUT2D eigenvalue weighted by Gasteiger charge is -2.25. The second-order valence-electron chi connectivity index (χ2n) is 6.86. The van der Waals surface area contributed by atoms with E-state index in [0.29, 0.717) is 6.10 Å². The summed E-state index contributed by atoms with van der Waals surface area (Å²) in [5, 5.41) is 0. The summed E-state index contributed by atoms with van der Waals surface area (Å²) >= 11 is 0. The van der Waals surface area contributed by atoms with Crippen LogP contribution in [0.25, 0.3) is 0 Å². The lowest BCUT2D eigenvalue weighted by Crippen LogP contribution is -2.31. The maximum atomic E-state index is 5.86. The van der Waals surface area contributed by atoms with Crippen molar-refractivity contribution in [1.82, 2.24) is 14.9 Å². The van der Waals surface area contributed by atoms with Crippen molar-refractivity contribution < 1.29 is 14.2 Å². The molecule has 0 saturated carbocycles. The number of rotatable bonds is 9.